The zero-order valence-electron chi connectivity index (χ0n) is 15.4. The van der Waals surface area contributed by atoms with E-state index >= 15 is 0 Å². The van der Waals surface area contributed by atoms with Crippen molar-refractivity contribution in [2.24, 2.45) is 0 Å². The van der Waals surface area contributed by atoms with E-state index < -0.39 is 9.84 Å². The van der Waals surface area contributed by atoms with E-state index in [2.05, 4.69) is 10.6 Å². The van der Waals surface area contributed by atoms with Crippen molar-refractivity contribution < 1.29 is 18.0 Å². The van der Waals surface area contributed by atoms with Gasteiger partial charge < -0.3 is 10.6 Å². The van der Waals surface area contributed by atoms with Gasteiger partial charge in [-0.05, 0) is 50.2 Å². The second-order valence-electron chi connectivity index (χ2n) is 6.26. The minimum absolute atomic E-state index is 0.0616. The van der Waals surface area contributed by atoms with Crippen molar-refractivity contribution in [3.05, 3.63) is 54.1 Å². The predicted molar refractivity (Wildman–Crippen MR) is 108 cm³/mol. The van der Waals surface area contributed by atoms with Crippen LogP contribution in [0.3, 0.4) is 0 Å². The van der Waals surface area contributed by atoms with Crippen LogP contribution in [-0.4, -0.2) is 38.3 Å². The van der Waals surface area contributed by atoms with E-state index in [0.29, 0.717) is 16.1 Å². The first-order valence-corrected chi connectivity index (χ1v) is 11.2. The molecule has 2 amide bonds. The van der Waals surface area contributed by atoms with Crippen molar-refractivity contribution in [2.75, 3.05) is 17.3 Å². The molecule has 0 aromatic heterocycles. The van der Waals surface area contributed by atoms with Crippen LogP contribution in [0.15, 0.2) is 58.3 Å². The van der Waals surface area contributed by atoms with Crippen molar-refractivity contribution in [3.8, 4) is 0 Å². The van der Waals surface area contributed by atoms with Gasteiger partial charge in [-0.1, -0.05) is 12.1 Å². The fourth-order valence-electron chi connectivity index (χ4n) is 2.27. The van der Waals surface area contributed by atoms with E-state index in [1.165, 1.54) is 23.9 Å². The summed E-state index contributed by atoms with van der Waals surface area (Å²) in [6.45, 7) is 3.78. The lowest BCUT2D eigenvalue weighted by molar-refractivity contribution is -0.119. The molecule has 0 atom stereocenters. The molecule has 0 unspecified atom stereocenters. The molecule has 2 N–H and O–H groups in total. The standard InChI is InChI=1S/C19H22N2O4S2/c1-13(2)20-18(22)12-26-17-7-5-4-6-16(17)19(23)21-14-8-10-15(11-9-14)27(3,24)25/h4-11,13H,12H2,1-3H3,(H,20,22)(H,21,23). The number of carbonyl (C=O) groups is 2. The first-order valence-electron chi connectivity index (χ1n) is 8.29. The van der Waals surface area contributed by atoms with Gasteiger partial charge in [0.2, 0.25) is 5.91 Å². The highest BCUT2D eigenvalue weighted by Crippen LogP contribution is 2.24. The molecular weight excluding hydrogens is 384 g/mol. The van der Waals surface area contributed by atoms with Crippen molar-refractivity contribution in [3.63, 3.8) is 0 Å². The van der Waals surface area contributed by atoms with Crippen molar-refractivity contribution >= 4 is 39.1 Å². The molecule has 0 heterocycles. The number of hydrogen-bond acceptors (Lipinski definition) is 5. The normalized spacial score (nSPS) is 11.3. The summed E-state index contributed by atoms with van der Waals surface area (Å²) < 4.78 is 23.0. The van der Waals surface area contributed by atoms with Gasteiger partial charge in [0.05, 0.1) is 16.2 Å². The van der Waals surface area contributed by atoms with Crippen LogP contribution in [0.5, 0.6) is 0 Å². The van der Waals surface area contributed by atoms with Gasteiger partial charge in [0.15, 0.2) is 9.84 Å². The van der Waals surface area contributed by atoms with Gasteiger partial charge in [-0.2, -0.15) is 0 Å². The molecule has 0 fully saturated rings. The molecule has 144 valence electrons. The molecule has 0 aliphatic carbocycles. The summed E-state index contributed by atoms with van der Waals surface area (Å²) in [6, 6.07) is 13.1. The monoisotopic (exact) mass is 406 g/mol. The van der Waals surface area contributed by atoms with Crippen LogP contribution in [0.1, 0.15) is 24.2 Å². The fourth-order valence-corrected chi connectivity index (χ4v) is 3.76. The SMILES string of the molecule is CC(C)NC(=O)CSc1ccccc1C(=O)Nc1ccc(S(C)(=O)=O)cc1. The first kappa shape index (κ1) is 21.0. The Morgan fingerprint density at radius 3 is 2.26 bits per heavy atom. The topological polar surface area (TPSA) is 92.3 Å². The van der Waals surface area contributed by atoms with Gasteiger partial charge in [0, 0.05) is 22.9 Å². The van der Waals surface area contributed by atoms with Gasteiger partial charge in [0.1, 0.15) is 0 Å². The molecule has 8 heteroatoms. The van der Waals surface area contributed by atoms with Crippen LogP contribution in [0, 0.1) is 0 Å². The smallest absolute Gasteiger partial charge is 0.256 e. The number of rotatable bonds is 7. The van der Waals surface area contributed by atoms with Crippen molar-refractivity contribution in [1.82, 2.24) is 5.32 Å². The average Bonchev–Trinajstić information content (AvgIpc) is 2.59. The summed E-state index contributed by atoms with van der Waals surface area (Å²) in [7, 11) is -3.29. The Labute approximate surface area is 163 Å². The molecule has 0 saturated heterocycles. The van der Waals surface area contributed by atoms with Gasteiger partial charge in [-0.25, -0.2) is 8.42 Å². The van der Waals surface area contributed by atoms with Crippen molar-refractivity contribution in [2.45, 2.75) is 29.7 Å². The highest BCUT2D eigenvalue weighted by molar-refractivity contribution is 8.00. The first-order chi connectivity index (χ1) is 12.7. The van der Waals surface area contributed by atoms with E-state index in [9.17, 15) is 18.0 Å². The lowest BCUT2D eigenvalue weighted by Crippen LogP contribution is -2.31. The van der Waals surface area contributed by atoms with Gasteiger partial charge in [-0.15, -0.1) is 11.8 Å². The number of anilines is 1. The average molecular weight is 407 g/mol. The van der Waals surface area contributed by atoms with Crippen LogP contribution >= 0.6 is 11.8 Å². The predicted octanol–water partition coefficient (Wildman–Crippen LogP) is 2.96. The maximum atomic E-state index is 12.6. The van der Waals surface area contributed by atoms with Gasteiger partial charge >= 0.3 is 0 Å². The lowest BCUT2D eigenvalue weighted by atomic mass is 10.2. The summed E-state index contributed by atoms with van der Waals surface area (Å²) in [6.07, 6.45) is 1.13. The van der Waals surface area contributed by atoms with Crippen molar-refractivity contribution in [1.29, 1.82) is 0 Å². The number of thioether (sulfide) groups is 1. The van der Waals surface area contributed by atoms with E-state index in [0.717, 1.165) is 6.26 Å². The highest BCUT2D eigenvalue weighted by atomic mass is 32.2. The molecule has 6 nitrogen and oxygen atoms in total. The Balaban J connectivity index is 2.09. The Morgan fingerprint density at radius 1 is 1.04 bits per heavy atom. The third-order valence-corrected chi connectivity index (χ3v) is 5.68. The third kappa shape index (κ3) is 6.41. The van der Waals surface area contributed by atoms with Crippen LogP contribution in [0.2, 0.25) is 0 Å². The summed E-state index contributed by atoms with van der Waals surface area (Å²) >= 11 is 1.29. The zero-order chi connectivity index (χ0) is 20.0. The quantitative estimate of drug-likeness (QED) is 0.690. The van der Waals surface area contributed by atoms with E-state index in [4.69, 9.17) is 0 Å². The summed E-state index contributed by atoms with van der Waals surface area (Å²) in [5.41, 5.74) is 0.941. The van der Waals surface area contributed by atoms with E-state index in [1.807, 2.05) is 13.8 Å². The lowest BCUT2D eigenvalue weighted by Gasteiger charge is -2.11. The Bertz CT molecular complexity index is 923. The van der Waals surface area contributed by atoms with E-state index in [1.54, 1.807) is 36.4 Å². The molecule has 0 spiro atoms. The minimum atomic E-state index is -3.29. The molecule has 27 heavy (non-hydrogen) atoms. The largest absolute Gasteiger partial charge is 0.353 e. The maximum Gasteiger partial charge on any atom is 0.256 e. The van der Waals surface area contributed by atoms with Crippen LogP contribution in [0.4, 0.5) is 5.69 Å². The summed E-state index contributed by atoms with van der Waals surface area (Å²) in [5.74, 6) is -0.207. The molecule has 0 bridgehead atoms. The second kappa shape index (κ2) is 9.05. The van der Waals surface area contributed by atoms with Gasteiger partial charge in [0.25, 0.3) is 5.91 Å². The number of benzene rings is 2. The number of amides is 2. The number of hydrogen-bond donors (Lipinski definition) is 2. The molecule has 0 aliphatic heterocycles. The molecular formula is C19H22N2O4S2. The number of nitrogens with one attached hydrogen (secondary N) is 2. The molecule has 0 saturated carbocycles. The van der Waals surface area contributed by atoms with E-state index in [-0.39, 0.29) is 28.5 Å². The molecule has 0 aliphatic rings. The fraction of sp³-hybridized carbons (Fsp3) is 0.263. The molecule has 2 aromatic rings. The number of carbonyl (C=O) groups excluding carboxylic acids is 2. The molecule has 2 rings (SSSR count). The zero-order valence-corrected chi connectivity index (χ0v) is 17.0. The Hall–Kier alpha value is -2.32. The summed E-state index contributed by atoms with van der Waals surface area (Å²) in [5, 5.41) is 5.56. The Morgan fingerprint density at radius 2 is 1.67 bits per heavy atom. The Kier molecular flexibility index (Phi) is 7.04. The van der Waals surface area contributed by atoms with Crippen LogP contribution in [-0.2, 0) is 14.6 Å². The molecule has 0 radical (unpaired) electrons. The van der Waals surface area contributed by atoms with Crippen LogP contribution < -0.4 is 10.6 Å². The van der Waals surface area contributed by atoms with Gasteiger partial charge in [-0.3, -0.25) is 9.59 Å². The second-order valence-corrected chi connectivity index (χ2v) is 9.29. The highest BCUT2D eigenvalue weighted by Gasteiger charge is 2.14. The molecule has 2 aromatic carbocycles. The maximum absolute atomic E-state index is 12.6. The van der Waals surface area contributed by atoms with Crippen LogP contribution in [0.25, 0.3) is 0 Å². The summed E-state index contributed by atoms with van der Waals surface area (Å²) in [4.78, 5) is 25.3. The third-order valence-electron chi connectivity index (χ3n) is 3.48. The minimum Gasteiger partial charge on any atom is -0.353 e. The number of sulfone groups is 1.